The molecule has 0 amide bonds. The van der Waals surface area contributed by atoms with E-state index in [4.69, 9.17) is 0 Å². The zero-order chi connectivity index (χ0) is 8.10. The predicted molar refractivity (Wildman–Crippen MR) is 44.6 cm³/mol. The Hall–Kier alpha value is -1.38. The molecule has 0 unspecified atom stereocenters. The van der Waals surface area contributed by atoms with Gasteiger partial charge in [0.2, 0.25) is 0 Å². The Balaban J connectivity index is 2.65. The van der Waals surface area contributed by atoms with Crippen LogP contribution in [0.25, 0.3) is 0 Å². The highest BCUT2D eigenvalue weighted by atomic mass is 15.5. The molecule has 0 aliphatic carbocycles. The van der Waals surface area contributed by atoms with E-state index in [0.29, 0.717) is 0 Å². The van der Waals surface area contributed by atoms with Gasteiger partial charge in [-0.25, -0.2) is 0 Å². The first-order valence-electron chi connectivity index (χ1n) is 3.43. The van der Waals surface area contributed by atoms with E-state index in [2.05, 4.69) is 10.3 Å². The topological polar surface area (TPSA) is 28.0 Å². The average molecular weight is 149 g/mol. The highest BCUT2D eigenvalue weighted by molar-refractivity contribution is 5.34. The van der Waals surface area contributed by atoms with E-state index >= 15 is 0 Å². The van der Waals surface area contributed by atoms with Crippen molar-refractivity contribution in [2.24, 2.45) is 10.3 Å². The van der Waals surface area contributed by atoms with Crippen LogP contribution in [0.15, 0.2) is 40.7 Å². The van der Waals surface area contributed by atoms with Gasteiger partial charge >= 0.3 is 0 Å². The van der Waals surface area contributed by atoms with E-state index in [-0.39, 0.29) is 0 Å². The summed E-state index contributed by atoms with van der Waals surface area (Å²) in [5.41, 5.74) is 0.876. The predicted octanol–water partition coefficient (Wildman–Crippen LogP) is 2.25. The lowest BCUT2D eigenvalue weighted by atomic mass is 10.3. The van der Waals surface area contributed by atoms with E-state index in [0.717, 1.165) is 5.69 Å². The fraction of sp³-hybridized carbons (Fsp3) is 0.250. The Bertz CT molecular complexity index is 228. The second kappa shape index (κ2) is 3.71. The molecule has 3 heteroatoms. The lowest BCUT2D eigenvalue weighted by molar-refractivity contribution is 0.408. The molecule has 0 aromatic heterocycles. The molecular formula is C8H11N3. The number of nitrogens with zero attached hydrogens (tertiary/aromatic N) is 3. The van der Waals surface area contributed by atoms with Crippen LogP contribution in [-0.4, -0.2) is 19.1 Å². The number of hydrogen-bond donors (Lipinski definition) is 0. The second-order valence-corrected chi connectivity index (χ2v) is 2.37. The van der Waals surface area contributed by atoms with Gasteiger partial charge in [-0.2, -0.15) is 0 Å². The molecule has 0 fully saturated rings. The van der Waals surface area contributed by atoms with Gasteiger partial charge in [0.25, 0.3) is 0 Å². The first kappa shape index (κ1) is 7.72. The molecule has 1 aromatic carbocycles. The molecule has 1 aromatic rings. The molecule has 0 atom stereocenters. The van der Waals surface area contributed by atoms with Gasteiger partial charge in [-0.05, 0) is 12.1 Å². The van der Waals surface area contributed by atoms with Crippen molar-refractivity contribution < 1.29 is 0 Å². The molecule has 0 saturated heterocycles. The van der Waals surface area contributed by atoms with Crippen molar-refractivity contribution in [3.63, 3.8) is 0 Å². The van der Waals surface area contributed by atoms with Gasteiger partial charge in [0.05, 0.1) is 5.69 Å². The molecule has 0 spiro atoms. The number of benzene rings is 1. The van der Waals surface area contributed by atoms with Crippen LogP contribution in [-0.2, 0) is 0 Å². The monoisotopic (exact) mass is 149 g/mol. The molecular weight excluding hydrogens is 138 g/mol. The molecule has 11 heavy (non-hydrogen) atoms. The van der Waals surface area contributed by atoms with Crippen LogP contribution < -0.4 is 0 Å². The number of rotatable bonds is 2. The summed E-state index contributed by atoms with van der Waals surface area (Å²) in [4.78, 5) is 0. The van der Waals surface area contributed by atoms with Gasteiger partial charge in [0.15, 0.2) is 0 Å². The third-order valence-electron chi connectivity index (χ3n) is 1.10. The van der Waals surface area contributed by atoms with Crippen LogP contribution in [0.5, 0.6) is 0 Å². The first-order valence-corrected chi connectivity index (χ1v) is 3.43. The van der Waals surface area contributed by atoms with Crippen molar-refractivity contribution in [2.45, 2.75) is 0 Å². The number of hydrogen-bond acceptors (Lipinski definition) is 2. The average Bonchev–Trinajstić information content (AvgIpc) is 2.03. The Morgan fingerprint density at radius 3 is 2.27 bits per heavy atom. The van der Waals surface area contributed by atoms with Crippen LogP contribution >= 0.6 is 0 Å². The Labute approximate surface area is 66.3 Å². The van der Waals surface area contributed by atoms with E-state index in [9.17, 15) is 0 Å². The van der Waals surface area contributed by atoms with Crippen LogP contribution in [0.1, 0.15) is 0 Å². The van der Waals surface area contributed by atoms with Crippen molar-refractivity contribution in [1.29, 1.82) is 0 Å². The third kappa shape index (κ3) is 2.80. The summed E-state index contributed by atoms with van der Waals surface area (Å²) in [6, 6.07) is 9.64. The van der Waals surface area contributed by atoms with E-state index in [1.54, 1.807) is 5.01 Å². The fourth-order valence-electron chi connectivity index (χ4n) is 0.636. The SMILES string of the molecule is CN(C)/N=N/c1ccccc1. The standard InChI is InChI=1S/C8H11N3/c1-11(2)10-9-8-6-4-3-5-7-8/h3-7H,1-2H3/b10-9+. The summed E-state index contributed by atoms with van der Waals surface area (Å²) < 4.78 is 0. The summed E-state index contributed by atoms with van der Waals surface area (Å²) in [5.74, 6) is 0. The maximum Gasteiger partial charge on any atom is 0.0874 e. The maximum absolute atomic E-state index is 3.96. The van der Waals surface area contributed by atoms with Crippen LogP contribution in [0.3, 0.4) is 0 Å². The van der Waals surface area contributed by atoms with Crippen molar-refractivity contribution in [3.05, 3.63) is 30.3 Å². The molecule has 0 bridgehead atoms. The zero-order valence-corrected chi connectivity index (χ0v) is 6.73. The van der Waals surface area contributed by atoms with E-state index in [1.807, 2.05) is 44.4 Å². The van der Waals surface area contributed by atoms with Crippen molar-refractivity contribution in [2.75, 3.05) is 14.1 Å². The first-order chi connectivity index (χ1) is 5.29. The maximum atomic E-state index is 3.96. The minimum atomic E-state index is 0.876. The summed E-state index contributed by atoms with van der Waals surface area (Å²) in [6.07, 6.45) is 0. The molecule has 1 rings (SSSR count). The van der Waals surface area contributed by atoms with Crippen LogP contribution in [0.2, 0.25) is 0 Å². The summed E-state index contributed by atoms with van der Waals surface area (Å²) >= 11 is 0. The minimum absolute atomic E-state index is 0.876. The Morgan fingerprint density at radius 2 is 1.73 bits per heavy atom. The Morgan fingerprint density at radius 1 is 1.09 bits per heavy atom. The van der Waals surface area contributed by atoms with Gasteiger partial charge in [-0.1, -0.05) is 23.4 Å². The molecule has 0 radical (unpaired) electrons. The normalized spacial score (nSPS) is 10.4. The van der Waals surface area contributed by atoms with Gasteiger partial charge in [-0.15, -0.1) is 5.11 Å². The quantitative estimate of drug-likeness (QED) is 0.468. The molecule has 3 nitrogen and oxygen atoms in total. The van der Waals surface area contributed by atoms with E-state index in [1.165, 1.54) is 0 Å². The van der Waals surface area contributed by atoms with Crippen LogP contribution in [0.4, 0.5) is 5.69 Å². The van der Waals surface area contributed by atoms with Gasteiger partial charge in [-0.3, -0.25) is 5.01 Å². The van der Waals surface area contributed by atoms with Crippen molar-refractivity contribution in [1.82, 2.24) is 5.01 Å². The molecule has 0 aliphatic rings. The summed E-state index contributed by atoms with van der Waals surface area (Å²) in [7, 11) is 3.68. The minimum Gasteiger partial charge on any atom is -0.285 e. The van der Waals surface area contributed by atoms with Gasteiger partial charge in [0, 0.05) is 14.1 Å². The highest BCUT2D eigenvalue weighted by Crippen LogP contribution is 2.09. The Kier molecular flexibility index (Phi) is 2.60. The van der Waals surface area contributed by atoms with Crippen molar-refractivity contribution >= 4 is 5.69 Å². The highest BCUT2D eigenvalue weighted by Gasteiger charge is 1.83. The molecule has 0 heterocycles. The lowest BCUT2D eigenvalue weighted by Crippen LogP contribution is -1.98. The third-order valence-corrected chi connectivity index (χ3v) is 1.10. The summed E-state index contributed by atoms with van der Waals surface area (Å²) in [6.45, 7) is 0. The van der Waals surface area contributed by atoms with Gasteiger partial charge in [0.1, 0.15) is 0 Å². The van der Waals surface area contributed by atoms with E-state index < -0.39 is 0 Å². The molecule has 0 saturated carbocycles. The van der Waals surface area contributed by atoms with Crippen molar-refractivity contribution in [3.8, 4) is 0 Å². The molecule has 0 N–H and O–H groups in total. The molecule has 0 aliphatic heterocycles. The summed E-state index contributed by atoms with van der Waals surface area (Å²) in [5, 5.41) is 9.47. The smallest absolute Gasteiger partial charge is 0.0874 e. The lowest BCUT2D eigenvalue weighted by Gasteiger charge is -1.99. The molecule has 58 valence electrons. The fourth-order valence-corrected chi connectivity index (χ4v) is 0.636. The second-order valence-electron chi connectivity index (χ2n) is 2.37. The van der Waals surface area contributed by atoms with Crippen LogP contribution in [0, 0.1) is 0 Å². The zero-order valence-electron chi connectivity index (χ0n) is 6.73. The largest absolute Gasteiger partial charge is 0.285 e. The van der Waals surface area contributed by atoms with Gasteiger partial charge < -0.3 is 0 Å².